The molecule has 1 spiro atoms. The lowest BCUT2D eigenvalue weighted by molar-refractivity contribution is -0.141. The van der Waals surface area contributed by atoms with E-state index in [1.807, 2.05) is 0 Å². The Morgan fingerprint density at radius 1 is 0.900 bits per heavy atom. The first-order chi connectivity index (χ1) is 9.64. The monoisotopic (exact) mass is 278 g/mol. The van der Waals surface area contributed by atoms with Gasteiger partial charge in [0.25, 0.3) is 0 Å². The first-order valence-electron chi connectivity index (χ1n) is 8.68. The second-order valence-electron chi connectivity index (χ2n) is 7.57. The fourth-order valence-corrected chi connectivity index (χ4v) is 4.57. The Morgan fingerprint density at radius 3 is 2.15 bits per heavy atom. The van der Waals surface area contributed by atoms with Gasteiger partial charge in [0.2, 0.25) is 5.91 Å². The molecule has 1 atom stereocenters. The Balaban J connectivity index is 1.58. The standard InChI is InChI=1S/C17H30N2O/c1-16(7-5-6-12-18-16)15(20)19-13-10-17(11-14-19)8-3-2-4-9-17/h18H,2-14H2,1H3. The second-order valence-corrected chi connectivity index (χ2v) is 7.57. The summed E-state index contributed by atoms with van der Waals surface area (Å²) in [5.74, 6) is 0.364. The Labute approximate surface area is 123 Å². The topological polar surface area (TPSA) is 32.3 Å². The third-order valence-corrected chi connectivity index (χ3v) is 6.12. The van der Waals surface area contributed by atoms with E-state index in [0.29, 0.717) is 11.3 Å². The van der Waals surface area contributed by atoms with Gasteiger partial charge in [-0.1, -0.05) is 19.3 Å². The number of piperidine rings is 2. The van der Waals surface area contributed by atoms with E-state index in [0.717, 1.165) is 26.1 Å². The molecule has 3 nitrogen and oxygen atoms in total. The van der Waals surface area contributed by atoms with E-state index < -0.39 is 0 Å². The van der Waals surface area contributed by atoms with Gasteiger partial charge in [-0.2, -0.15) is 0 Å². The van der Waals surface area contributed by atoms with Crippen LogP contribution in [0, 0.1) is 5.41 Å². The van der Waals surface area contributed by atoms with Gasteiger partial charge in [-0.15, -0.1) is 0 Å². The normalized spacial score (nSPS) is 34.1. The Hall–Kier alpha value is -0.570. The van der Waals surface area contributed by atoms with Crippen LogP contribution in [0.25, 0.3) is 0 Å². The highest BCUT2D eigenvalue weighted by Crippen LogP contribution is 2.44. The van der Waals surface area contributed by atoms with Crippen LogP contribution in [0.15, 0.2) is 0 Å². The number of likely N-dealkylation sites (tertiary alicyclic amines) is 1. The van der Waals surface area contributed by atoms with E-state index in [2.05, 4.69) is 17.1 Å². The zero-order valence-electron chi connectivity index (χ0n) is 13.0. The smallest absolute Gasteiger partial charge is 0.242 e. The maximum absolute atomic E-state index is 12.8. The lowest BCUT2D eigenvalue weighted by atomic mass is 9.68. The molecule has 1 N–H and O–H groups in total. The number of carbonyl (C=O) groups is 1. The molecule has 0 radical (unpaired) electrons. The molecule has 0 aromatic heterocycles. The molecule has 2 saturated heterocycles. The van der Waals surface area contributed by atoms with Crippen LogP contribution < -0.4 is 5.32 Å². The molecule has 2 aliphatic heterocycles. The third kappa shape index (κ3) is 2.74. The molecule has 2 heterocycles. The van der Waals surface area contributed by atoms with Crippen molar-refractivity contribution in [3.63, 3.8) is 0 Å². The SMILES string of the molecule is CC1(C(=O)N2CCC3(CCCCC3)CC2)CCCCN1. The van der Waals surface area contributed by atoms with E-state index in [1.165, 1.54) is 57.8 Å². The van der Waals surface area contributed by atoms with E-state index in [4.69, 9.17) is 0 Å². The van der Waals surface area contributed by atoms with Crippen molar-refractivity contribution in [2.75, 3.05) is 19.6 Å². The molecular weight excluding hydrogens is 248 g/mol. The largest absolute Gasteiger partial charge is 0.341 e. The van der Waals surface area contributed by atoms with Crippen LogP contribution in [0.3, 0.4) is 0 Å². The van der Waals surface area contributed by atoms with Gasteiger partial charge in [0.1, 0.15) is 0 Å². The average Bonchev–Trinajstić information content (AvgIpc) is 2.49. The predicted molar refractivity (Wildman–Crippen MR) is 81.6 cm³/mol. The summed E-state index contributed by atoms with van der Waals surface area (Å²) < 4.78 is 0. The van der Waals surface area contributed by atoms with Gasteiger partial charge in [-0.05, 0) is 63.8 Å². The highest BCUT2D eigenvalue weighted by atomic mass is 16.2. The van der Waals surface area contributed by atoms with Gasteiger partial charge in [-0.3, -0.25) is 4.79 Å². The zero-order chi connectivity index (χ0) is 14.1. The molecule has 1 saturated carbocycles. The average molecular weight is 278 g/mol. The quantitative estimate of drug-likeness (QED) is 0.799. The molecule has 0 bridgehead atoms. The van der Waals surface area contributed by atoms with Crippen LogP contribution in [0.5, 0.6) is 0 Å². The molecule has 1 amide bonds. The minimum atomic E-state index is -0.282. The predicted octanol–water partition coefficient (Wildman–Crippen LogP) is 3.09. The summed E-state index contributed by atoms with van der Waals surface area (Å²) in [6, 6.07) is 0. The number of amides is 1. The number of rotatable bonds is 1. The maximum atomic E-state index is 12.8. The van der Waals surface area contributed by atoms with Crippen molar-refractivity contribution in [2.24, 2.45) is 5.41 Å². The van der Waals surface area contributed by atoms with Crippen LogP contribution in [0.4, 0.5) is 0 Å². The molecule has 1 aliphatic carbocycles. The molecule has 20 heavy (non-hydrogen) atoms. The van der Waals surface area contributed by atoms with Gasteiger partial charge in [0, 0.05) is 13.1 Å². The molecular formula is C17H30N2O. The van der Waals surface area contributed by atoms with Crippen molar-refractivity contribution in [3.05, 3.63) is 0 Å². The number of nitrogens with one attached hydrogen (secondary N) is 1. The minimum Gasteiger partial charge on any atom is -0.341 e. The molecule has 3 fully saturated rings. The van der Waals surface area contributed by atoms with Crippen LogP contribution >= 0.6 is 0 Å². The number of carbonyl (C=O) groups excluding carboxylic acids is 1. The summed E-state index contributed by atoms with van der Waals surface area (Å²) in [6.07, 6.45) is 13.0. The highest BCUT2D eigenvalue weighted by molar-refractivity contribution is 5.86. The summed E-state index contributed by atoms with van der Waals surface area (Å²) >= 11 is 0. The zero-order valence-corrected chi connectivity index (χ0v) is 13.0. The van der Waals surface area contributed by atoms with E-state index >= 15 is 0 Å². The van der Waals surface area contributed by atoms with E-state index in [-0.39, 0.29) is 5.54 Å². The number of nitrogens with zero attached hydrogens (tertiary/aromatic N) is 1. The maximum Gasteiger partial charge on any atom is 0.242 e. The summed E-state index contributed by atoms with van der Waals surface area (Å²) in [5.41, 5.74) is 0.311. The van der Waals surface area contributed by atoms with Crippen molar-refractivity contribution in [3.8, 4) is 0 Å². The summed E-state index contributed by atoms with van der Waals surface area (Å²) in [5, 5.41) is 3.47. The van der Waals surface area contributed by atoms with Crippen molar-refractivity contribution in [1.29, 1.82) is 0 Å². The van der Waals surface area contributed by atoms with Gasteiger partial charge in [0.05, 0.1) is 5.54 Å². The molecule has 3 heteroatoms. The van der Waals surface area contributed by atoms with Gasteiger partial charge in [-0.25, -0.2) is 0 Å². The summed E-state index contributed by atoms with van der Waals surface area (Å²) in [6.45, 7) is 5.10. The molecule has 3 rings (SSSR count). The number of hydrogen-bond acceptors (Lipinski definition) is 2. The first kappa shape index (κ1) is 14.4. The summed E-state index contributed by atoms with van der Waals surface area (Å²) in [4.78, 5) is 15.0. The molecule has 0 aromatic rings. The number of hydrogen-bond donors (Lipinski definition) is 1. The Morgan fingerprint density at radius 2 is 1.55 bits per heavy atom. The van der Waals surface area contributed by atoms with E-state index in [9.17, 15) is 4.79 Å². The molecule has 114 valence electrons. The van der Waals surface area contributed by atoms with Gasteiger partial charge in [0.15, 0.2) is 0 Å². The van der Waals surface area contributed by atoms with Crippen molar-refractivity contribution < 1.29 is 4.79 Å². The third-order valence-electron chi connectivity index (χ3n) is 6.12. The molecule has 1 unspecified atom stereocenters. The van der Waals surface area contributed by atoms with Crippen molar-refractivity contribution in [1.82, 2.24) is 10.2 Å². The Bertz CT molecular complexity index is 344. The van der Waals surface area contributed by atoms with Gasteiger partial charge < -0.3 is 10.2 Å². The first-order valence-corrected chi connectivity index (χ1v) is 8.68. The van der Waals surface area contributed by atoms with Crippen LogP contribution in [-0.2, 0) is 4.79 Å². The Kier molecular flexibility index (Phi) is 4.07. The van der Waals surface area contributed by atoms with Crippen LogP contribution in [-0.4, -0.2) is 36.0 Å². The van der Waals surface area contributed by atoms with Gasteiger partial charge >= 0.3 is 0 Å². The van der Waals surface area contributed by atoms with Crippen molar-refractivity contribution in [2.45, 2.75) is 76.7 Å². The van der Waals surface area contributed by atoms with Crippen molar-refractivity contribution >= 4 is 5.91 Å². The fraction of sp³-hybridized carbons (Fsp3) is 0.941. The molecule has 3 aliphatic rings. The highest BCUT2D eigenvalue weighted by Gasteiger charge is 2.42. The van der Waals surface area contributed by atoms with Crippen LogP contribution in [0.2, 0.25) is 0 Å². The van der Waals surface area contributed by atoms with Crippen LogP contribution in [0.1, 0.15) is 71.1 Å². The molecule has 0 aromatic carbocycles. The summed E-state index contributed by atoms with van der Waals surface area (Å²) in [7, 11) is 0. The fourth-order valence-electron chi connectivity index (χ4n) is 4.57. The second kappa shape index (κ2) is 5.67. The van der Waals surface area contributed by atoms with E-state index in [1.54, 1.807) is 0 Å². The lowest BCUT2D eigenvalue weighted by Gasteiger charge is -2.46. The lowest BCUT2D eigenvalue weighted by Crippen LogP contribution is -2.59. The minimum absolute atomic E-state index is 0.282.